The number of nitrogens with zero attached hydrogens (tertiary/aromatic N) is 1. The minimum absolute atomic E-state index is 0.0734. The summed E-state index contributed by atoms with van der Waals surface area (Å²) in [5.41, 5.74) is 2.82. The van der Waals surface area contributed by atoms with Gasteiger partial charge in [0.25, 0.3) is 0 Å². The topological polar surface area (TPSA) is 73.5 Å². The maximum Gasteiger partial charge on any atom is 0.419 e. The predicted molar refractivity (Wildman–Crippen MR) is 96.1 cm³/mol. The van der Waals surface area contributed by atoms with E-state index in [2.05, 4.69) is 5.32 Å². The van der Waals surface area contributed by atoms with E-state index in [0.29, 0.717) is 23.2 Å². The number of aromatic nitrogens is 1. The number of benzene rings is 2. The van der Waals surface area contributed by atoms with Crippen molar-refractivity contribution in [3.63, 3.8) is 0 Å². The van der Waals surface area contributed by atoms with E-state index < -0.39 is 5.76 Å². The molecule has 2 aromatic carbocycles. The molecule has 1 amide bonds. The number of rotatable bonds is 5. The van der Waals surface area contributed by atoms with Crippen molar-refractivity contribution in [2.45, 2.75) is 19.3 Å². The second-order valence-corrected chi connectivity index (χ2v) is 6.04. The van der Waals surface area contributed by atoms with Crippen molar-refractivity contribution in [3.05, 3.63) is 58.6 Å². The van der Waals surface area contributed by atoms with Gasteiger partial charge >= 0.3 is 5.76 Å². The van der Waals surface area contributed by atoms with Gasteiger partial charge in [-0.1, -0.05) is 19.1 Å². The molecule has 3 aromatic rings. The molecule has 3 rings (SSSR count). The van der Waals surface area contributed by atoms with Gasteiger partial charge in [0, 0.05) is 25.2 Å². The first-order valence-corrected chi connectivity index (χ1v) is 8.01. The van der Waals surface area contributed by atoms with E-state index in [1.54, 1.807) is 32.4 Å². The number of fused-ring (bicyclic) bond motifs is 1. The van der Waals surface area contributed by atoms with Gasteiger partial charge in [0.15, 0.2) is 5.58 Å². The molecule has 1 N–H and O–H groups in total. The highest BCUT2D eigenvalue weighted by atomic mass is 16.5. The molecule has 25 heavy (non-hydrogen) atoms. The highest BCUT2D eigenvalue weighted by Crippen LogP contribution is 2.23. The van der Waals surface area contributed by atoms with Crippen molar-refractivity contribution in [1.82, 2.24) is 4.57 Å². The zero-order valence-electron chi connectivity index (χ0n) is 14.4. The lowest BCUT2D eigenvalue weighted by molar-refractivity contribution is -0.116. The zero-order chi connectivity index (χ0) is 18.0. The van der Waals surface area contributed by atoms with E-state index in [-0.39, 0.29) is 11.8 Å². The Morgan fingerprint density at radius 3 is 2.64 bits per heavy atom. The number of nitrogens with one attached hydrogen (secondary N) is 1. The third-order valence-electron chi connectivity index (χ3n) is 4.25. The standard InChI is InChI=1S/C19H20N2O4/c1-12(13-4-7-15(24-3)8-5-13)10-18(22)20-14-6-9-16-17(11-14)25-19(23)21(16)2/h4-9,11-12H,10H2,1-3H3,(H,20,22). The lowest BCUT2D eigenvalue weighted by atomic mass is 9.97. The number of aryl methyl sites for hydroxylation is 1. The van der Waals surface area contributed by atoms with Crippen LogP contribution in [0.4, 0.5) is 5.69 Å². The molecule has 0 aliphatic carbocycles. The van der Waals surface area contributed by atoms with Crippen LogP contribution in [0.15, 0.2) is 51.7 Å². The maximum absolute atomic E-state index is 12.3. The van der Waals surface area contributed by atoms with Crippen molar-refractivity contribution in [3.8, 4) is 5.75 Å². The van der Waals surface area contributed by atoms with Crippen LogP contribution in [-0.4, -0.2) is 17.6 Å². The molecule has 1 unspecified atom stereocenters. The Hall–Kier alpha value is -3.02. The Balaban J connectivity index is 1.68. The quantitative estimate of drug-likeness (QED) is 0.773. The number of hydrogen-bond acceptors (Lipinski definition) is 4. The van der Waals surface area contributed by atoms with Crippen LogP contribution in [0.3, 0.4) is 0 Å². The molecular weight excluding hydrogens is 320 g/mol. The fourth-order valence-corrected chi connectivity index (χ4v) is 2.75. The van der Waals surface area contributed by atoms with Crippen molar-refractivity contribution >= 4 is 22.7 Å². The first-order chi connectivity index (χ1) is 12.0. The number of ether oxygens (including phenoxy) is 1. The van der Waals surface area contributed by atoms with Gasteiger partial charge in [-0.25, -0.2) is 4.79 Å². The predicted octanol–water partition coefficient (Wildman–Crippen LogP) is 3.27. The molecule has 0 saturated heterocycles. The summed E-state index contributed by atoms with van der Waals surface area (Å²) < 4.78 is 11.7. The second-order valence-electron chi connectivity index (χ2n) is 6.04. The minimum atomic E-state index is -0.424. The van der Waals surface area contributed by atoms with E-state index in [1.807, 2.05) is 31.2 Å². The lowest BCUT2D eigenvalue weighted by Crippen LogP contribution is -2.14. The molecule has 0 aliphatic heterocycles. The Kier molecular flexibility index (Phi) is 4.61. The maximum atomic E-state index is 12.3. The van der Waals surface area contributed by atoms with Crippen LogP contribution in [0.5, 0.6) is 5.75 Å². The molecule has 0 bridgehead atoms. The van der Waals surface area contributed by atoms with E-state index in [1.165, 1.54) is 4.57 Å². The third kappa shape index (κ3) is 3.57. The fraction of sp³-hybridized carbons (Fsp3) is 0.263. The van der Waals surface area contributed by atoms with Crippen LogP contribution in [0.1, 0.15) is 24.8 Å². The molecular formula is C19H20N2O4. The lowest BCUT2D eigenvalue weighted by Gasteiger charge is -2.12. The summed E-state index contributed by atoms with van der Waals surface area (Å²) in [5, 5.41) is 2.85. The Morgan fingerprint density at radius 2 is 1.96 bits per heavy atom. The van der Waals surface area contributed by atoms with Crippen molar-refractivity contribution in [2.75, 3.05) is 12.4 Å². The van der Waals surface area contributed by atoms with Gasteiger partial charge in [0.05, 0.1) is 12.6 Å². The van der Waals surface area contributed by atoms with Gasteiger partial charge < -0.3 is 14.5 Å². The summed E-state index contributed by atoms with van der Waals surface area (Å²) in [4.78, 5) is 23.8. The average Bonchev–Trinajstić information content (AvgIpc) is 2.88. The van der Waals surface area contributed by atoms with Crippen LogP contribution in [0.25, 0.3) is 11.1 Å². The Bertz CT molecular complexity index is 954. The van der Waals surface area contributed by atoms with Gasteiger partial charge in [0.1, 0.15) is 5.75 Å². The van der Waals surface area contributed by atoms with E-state index in [9.17, 15) is 9.59 Å². The third-order valence-corrected chi connectivity index (χ3v) is 4.25. The monoisotopic (exact) mass is 340 g/mol. The van der Waals surface area contributed by atoms with Gasteiger partial charge in [0.2, 0.25) is 5.91 Å². The molecule has 1 aromatic heterocycles. The summed E-state index contributed by atoms with van der Waals surface area (Å²) in [6.07, 6.45) is 0.350. The van der Waals surface area contributed by atoms with Crippen molar-refractivity contribution in [1.29, 1.82) is 0 Å². The molecule has 1 heterocycles. The molecule has 0 saturated carbocycles. The smallest absolute Gasteiger partial charge is 0.419 e. The summed E-state index contributed by atoms with van der Waals surface area (Å²) in [6.45, 7) is 2.00. The van der Waals surface area contributed by atoms with Gasteiger partial charge in [-0.15, -0.1) is 0 Å². The van der Waals surface area contributed by atoms with E-state index in [0.717, 1.165) is 11.3 Å². The molecule has 0 fully saturated rings. The van der Waals surface area contributed by atoms with Crippen LogP contribution >= 0.6 is 0 Å². The van der Waals surface area contributed by atoms with Crippen molar-refractivity contribution in [2.24, 2.45) is 7.05 Å². The summed E-state index contributed by atoms with van der Waals surface area (Å²) >= 11 is 0. The number of methoxy groups -OCH3 is 1. The highest BCUT2D eigenvalue weighted by Gasteiger charge is 2.13. The van der Waals surface area contributed by atoms with E-state index >= 15 is 0 Å². The van der Waals surface area contributed by atoms with Gasteiger partial charge in [-0.2, -0.15) is 0 Å². The fourth-order valence-electron chi connectivity index (χ4n) is 2.75. The van der Waals surface area contributed by atoms with Crippen LogP contribution in [-0.2, 0) is 11.8 Å². The highest BCUT2D eigenvalue weighted by molar-refractivity contribution is 5.93. The average molecular weight is 340 g/mol. The van der Waals surface area contributed by atoms with Crippen LogP contribution in [0, 0.1) is 0 Å². The van der Waals surface area contributed by atoms with Gasteiger partial charge in [-0.05, 0) is 35.7 Å². The van der Waals surface area contributed by atoms with Gasteiger partial charge in [-0.3, -0.25) is 9.36 Å². The summed E-state index contributed by atoms with van der Waals surface area (Å²) in [5.74, 6) is 0.343. The molecule has 0 aliphatic rings. The minimum Gasteiger partial charge on any atom is -0.497 e. The Labute approximate surface area is 145 Å². The molecule has 1 atom stereocenters. The zero-order valence-corrected chi connectivity index (χ0v) is 14.4. The van der Waals surface area contributed by atoms with Crippen LogP contribution in [0.2, 0.25) is 0 Å². The summed E-state index contributed by atoms with van der Waals surface area (Å²) in [7, 11) is 3.26. The molecule has 6 heteroatoms. The number of carbonyl (C=O) groups excluding carboxylic acids is 1. The molecule has 130 valence electrons. The number of carbonyl (C=O) groups is 1. The van der Waals surface area contributed by atoms with E-state index in [4.69, 9.17) is 9.15 Å². The molecule has 0 spiro atoms. The largest absolute Gasteiger partial charge is 0.497 e. The number of amides is 1. The summed E-state index contributed by atoms with van der Waals surface area (Å²) in [6, 6.07) is 12.9. The number of anilines is 1. The molecule has 6 nitrogen and oxygen atoms in total. The number of hydrogen-bond donors (Lipinski definition) is 1. The molecule has 0 radical (unpaired) electrons. The Morgan fingerprint density at radius 1 is 1.24 bits per heavy atom. The first kappa shape index (κ1) is 16.8. The van der Waals surface area contributed by atoms with Crippen LogP contribution < -0.4 is 15.8 Å². The SMILES string of the molecule is COc1ccc(C(C)CC(=O)Nc2ccc3c(c2)oc(=O)n3C)cc1. The van der Waals surface area contributed by atoms with Crippen molar-refractivity contribution < 1.29 is 13.9 Å². The number of oxazole rings is 1. The second kappa shape index (κ2) is 6.84. The normalized spacial score (nSPS) is 12.1. The first-order valence-electron chi connectivity index (χ1n) is 8.01.